The Kier molecular flexibility index (Phi) is 4.78. The number of sulfonamides is 1. The van der Waals surface area contributed by atoms with Gasteiger partial charge in [-0.1, -0.05) is 17.7 Å². The van der Waals surface area contributed by atoms with Crippen molar-refractivity contribution in [3.8, 4) is 17.5 Å². The fourth-order valence-electron chi connectivity index (χ4n) is 1.74. The molecule has 0 atom stereocenters. The molecule has 1 aromatic carbocycles. The summed E-state index contributed by atoms with van der Waals surface area (Å²) >= 11 is 0. The lowest BCUT2D eigenvalue weighted by molar-refractivity contribution is -0.136. The zero-order valence-electron chi connectivity index (χ0n) is 12.1. The van der Waals surface area contributed by atoms with Crippen molar-refractivity contribution in [1.82, 2.24) is 9.71 Å². The maximum Gasteiger partial charge on any atom is 0.304 e. The number of carbonyl (C=O) groups is 1. The average Bonchev–Trinajstić information content (AvgIpc) is 2.92. The predicted octanol–water partition coefficient (Wildman–Crippen LogP) is 1.27. The molecule has 0 fully saturated rings. The molecule has 0 saturated heterocycles. The fraction of sp³-hybridized carbons (Fsp3) is 0.214. The number of hydrogen-bond acceptors (Lipinski definition) is 6. The topological polar surface area (TPSA) is 133 Å². The minimum Gasteiger partial charge on any atom is -0.481 e. The van der Waals surface area contributed by atoms with Crippen LogP contribution in [0, 0.1) is 18.3 Å². The number of nitrogens with zero attached hydrogens (tertiary/aromatic N) is 2. The van der Waals surface area contributed by atoms with E-state index in [-0.39, 0.29) is 24.6 Å². The van der Waals surface area contributed by atoms with Crippen LogP contribution in [0.3, 0.4) is 0 Å². The quantitative estimate of drug-likeness (QED) is 0.812. The third-order valence-electron chi connectivity index (χ3n) is 2.88. The van der Waals surface area contributed by atoms with Gasteiger partial charge in [0.25, 0.3) is 15.1 Å². The van der Waals surface area contributed by atoms with Gasteiger partial charge in [0, 0.05) is 12.1 Å². The molecular weight excluding hydrogens is 322 g/mol. The van der Waals surface area contributed by atoms with Crippen LogP contribution < -0.4 is 4.72 Å². The Hall–Kier alpha value is -2.70. The van der Waals surface area contributed by atoms with Crippen LogP contribution in [0.5, 0.6) is 0 Å². The summed E-state index contributed by atoms with van der Waals surface area (Å²) in [6.07, 6.45) is -0.389. The van der Waals surface area contributed by atoms with Gasteiger partial charge in [-0.2, -0.15) is 10.2 Å². The largest absolute Gasteiger partial charge is 0.481 e. The van der Waals surface area contributed by atoms with E-state index in [4.69, 9.17) is 14.8 Å². The Bertz CT molecular complexity index is 863. The van der Waals surface area contributed by atoms with Gasteiger partial charge in [-0.3, -0.25) is 4.79 Å². The minimum absolute atomic E-state index is 0.000148. The maximum atomic E-state index is 12.1. The van der Waals surface area contributed by atoms with Gasteiger partial charge in [0.15, 0.2) is 5.69 Å². The molecule has 8 nitrogen and oxygen atoms in total. The second-order valence-corrected chi connectivity index (χ2v) is 6.34. The second kappa shape index (κ2) is 6.60. The van der Waals surface area contributed by atoms with Crippen molar-refractivity contribution < 1.29 is 22.7 Å². The van der Waals surface area contributed by atoms with Crippen molar-refractivity contribution in [2.24, 2.45) is 0 Å². The van der Waals surface area contributed by atoms with E-state index >= 15 is 0 Å². The number of aryl methyl sites for hydroxylation is 1. The summed E-state index contributed by atoms with van der Waals surface area (Å²) in [7, 11) is -4.16. The summed E-state index contributed by atoms with van der Waals surface area (Å²) in [6.45, 7) is 1.57. The molecule has 9 heteroatoms. The molecule has 0 aliphatic rings. The summed E-state index contributed by atoms with van der Waals surface area (Å²) in [4.78, 5) is 14.3. The van der Waals surface area contributed by atoms with Crippen molar-refractivity contribution in [3.05, 3.63) is 35.5 Å². The van der Waals surface area contributed by atoms with Crippen molar-refractivity contribution in [2.75, 3.05) is 6.54 Å². The SMILES string of the molecule is Cc1ccc(-c2nc(C#N)c(S(=O)(=O)NCCC(=O)O)o2)cc1. The monoisotopic (exact) mass is 335 g/mol. The van der Waals surface area contributed by atoms with Gasteiger partial charge in [-0.25, -0.2) is 13.1 Å². The van der Waals surface area contributed by atoms with Crippen LogP contribution >= 0.6 is 0 Å². The molecule has 1 heterocycles. The average molecular weight is 335 g/mol. The van der Waals surface area contributed by atoms with Gasteiger partial charge in [-0.15, -0.1) is 0 Å². The molecule has 0 aliphatic carbocycles. The van der Waals surface area contributed by atoms with E-state index in [1.54, 1.807) is 30.3 Å². The number of carboxylic acids is 1. The molecule has 0 unspecified atom stereocenters. The molecule has 2 N–H and O–H groups in total. The van der Waals surface area contributed by atoms with Crippen molar-refractivity contribution in [3.63, 3.8) is 0 Å². The van der Waals surface area contributed by atoms with Crippen LogP contribution in [0.15, 0.2) is 33.8 Å². The van der Waals surface area contributed by atoms with Gasteiger partial charge in [0.1, 0.15) is 6.07 Å². The minimum atomic E-state index is -4.16. The van der Waals surface area contributed by atoms with Gasteiger partial charge < -0.3 is 9.52 Å². The lowest BCUT2D eigenvalue weighted by Gasteiger charge is -2.02. The molecular formula is C14H13N3O5S. The van der Waals surface area contributed by atoms with E-state index in [1.807, 2.05) is 6.92 Å². The number of aromatic nitrogens is 1. The third kappa shape index (κ3) is 3.94. The Morgan fingerprint density at radius 2 is 2.04 bits per heavy atom. The summed E-state index contributed by atoms with van der Waals surface area (Å²) < 4.78 is 31.5. The Balaban J connectivity index is 2.34. The van der Waals surface area contributed by atoms with E-state index in [1.165, 1.54) is 0 Å². The number of oxazole rings is 1. The summed E-state index contributed by atoms with van der Waals surface area (Å²) in [5, 5.41) is 17.0. The highest BCUT2D eigenvalue weighted by Gasteiger charge is 2.26. The molecule has 0 radical (unpaired) electrons. The normalized spacial score (nSPS) is 11.1. The highest BCUT2D eigenvalue weighted by Crippen LogP contribution is 2.25. The smallest absolute Gasteiger partial charge is 0.304 e. The Morgan fingerprint density at radius 1 is 1.39 bits per heavy atom. The molecule has 120 valence electrons. The summed E-state index contributed by atoms with van der Waals surface area (Å²) in [5.74, 6) is -1.15. The van der Waals surface area contributed by atoms with Crippen LogP contribution in [-0.2, 0) is 14.8 Å². The third-order valence-corrected chi connectivity index (χ3v) is 4.22. The van der Waals surface area contributed by atoms with Crippen molar-refractivity contribution >= 4 is 16.0 Å². The maximum absolute atomic E-state index is 12.1. The predicted molar refractivity (Wildman–Crippen MR) is 78.8 cm³/mol. The summed E-state index contributed by atoms with van der Waals surface area (Å²) in [5.41, 5.74) is 1.14. The van der Waals surface area contributed by atoms with Crippen molar-refractivity contribution in [2.45, 2.75) is 18.4 Å². The van der Waals surface area contributed by atoms with Crippen LogP contribution in [0.2, 0.25) is 0 Å². The van der Waals surface area contributed by atoms with Crippen molar-refractivity contribution in [1.29, 1.82) is 5.26 Å². The standard InChI is InChI=1S/C14H13N3O5S/c1-9-2-4-10(5-3-9)13-17-11(8-15)14(22-13)23(20,21)16-7-6-12(18)19/h2-5,16H,6-7H2,1H3,(H,18,19). The second-order valence-electron chi connectivity index (χ2n) is 4.67. The molecule has 0 spiro atoms. The molecule has 1 aromatic heterocycles. The van der Waals surface area contributed by atoms with E-state index in [9.17, 15) is 13.2 Å². The highest BCUT2D eigenvalue weighted by atomic mass is 32.2. The number of hydrogen-bond donors (Lipinski definition) is 2. The zero-order valence-corrected chi connectivity index (χ0v) is 12.9. The number of aliphatic carboxylic acids is 1. The lowest BCUT2D eigenvalue weighted by atomic mass is 10.1. The Labute approximate surface area is 132 Å². The Morgan fingerprint density at radius 3 is 2.61 bits per heavy atom. The molecule has 2 aromatic rings. The first kappa shape index (κ1) is 16.7. The van der Waals surface area contributed by atoms with E-state index < -0.39 is 21.1 Å². The zero-order chi connectivity index (χ0) is 17.0. The van der Waals surface area contributed by atoms with E-state index in [0.717, 1.165) is 5.56 Å². The molecule has 0 bridgehead atoms. The van der Waals surface area contributed by atoms with Crippen LogP contribution in [-0.4, -0.2) is 31.0 Å². The molecule has 0 saturated carbocycles. The number of nitriles is 1. The van der Waals surface area contributed by atoms with Gasteiger partial charge >= 0.3 is 5.97 Å². The lowest BCUT2D eigenvalue weighted by Crippen LogP contribution is -2.26. The van der Waals surface area contributed by atoms with E-state index in [0.29, 0.717) is 5.56 Å². The summed E-state index contributed by atoms with van der Waals surface area (Å²) in [6, 6.07) is 8.64. The fourth-order valence-corrected chi connectivity index (χ4v) is 2.77. The highest BCUT2D eigenvalue weighted by molar-refractivity contribution is 7.89. The number of rotatable bonds is 6. The van der Waals surface area contributed by atoms with Gasteiger partial charge in [-0.05, 0) is 19.1 Å². The first-order chi connectivity index (χ1) is 10.8. The van der Waals surface area contributed by atoms with Crippen LogP contribution in [0.4, 0.5) is 0 Å². The number of nitrogens with one attached hydrogen (secondary N) is 1. The first-order valence-corrected chi connectivity index (χ1v) is 8.01. The van der Waals surface area contributed by atoms with Gasteiger partial charge in [0.2, 0.25) is 5.89 Å². The molecule has 0 aliphatic heterocycles. The van der Waals surface area contributed by atoms with Crippen LogP contribution in [0.25, 0.3) is 11.5 Å². The van der Waals surface area contributed by atoms with E-state index in [2.05, 4.69) is 9.71 Å². The molecule has 23 heavy (non-hydrogen) atoms. The number of benzene rings is 1. The van der Waals surface area contributed by atoms with Crippen LogP contribution in [0.1, 0.15) is 17.7 Å². The first-order valence-electron chi connectivity index (χ1n) is 6.53. The molecule has 0 amide bonds. The molecule has 2 rings (SSSR count). The number of carboxylic acid groups (broad SMARTS) is 1. The van der Waals surface area contributed by atoms with Gasteiger partial charge in [0.05, 0.1) is 6.42 Å².